The predicted octanol–water partition coefficient (Wildman–Crippen LogP) is 2.40. The van der Waals surface area contributed by atoms with Crippen molar-refractivity contribution in [1.82, 2.24) is 15.4 Å². The Labute approximate surface area is 125 Å². The molecule has 104 valence electrons. The molecule has 0 fully saturated rings. The summed E-state index contributed by atoms with van der Waals surface area (Å²) < 4.78 is 0. The number of hydrazone groups is 1. The Hall–Kier alpha value is -1.73. The summed E-state index contributed by atoms with van der Waals surface area (Å²) in [5, 5.41) is 6.46. The maximum Gasteiger partial charge on any atom is 0.250 e. The number of carbonyl (C=O) groups is 1. The third-order valence-electron chi connectivity index (χ3n) is 2.22. The number of nitrogens with one attached hydrogen (secondary N) is 1. The number of thiophene rings is 1. The predicted molar refractivity (Wildman–Crippen MR) is 82.3 cm³/mol. The van der Waals surface area contributed by atoms with Crippen LogP contribution in [0.4, 0.5) is 0 Å². The molecule has 0 aliphatic heterocycles. The smallest absolute Gasteiger partial charge is 0.250 e. The fourth-order valence-corrected chi connectivity index (χ4v) is 2.78. The van der Waals surface area contributed by atoms with Gasteiger partial charge in [0.25, 0.3) is 5.91 Å². The summed E-state index contributed by atoms with van der Waals surface area (Å²) in [4.78, 5) is 21.1. The Balaban J connectivity index is 1.80. The molecule has 7 heteroatoms. The molecular weight excluding hydrogens is 292 g/mol. The van der Waals surface area contributed by atoms with Crippen LogP contribution in [-0.4, -0.2) is 27.8 Å². The molecule has 0 aliphatic carbocycles. The minimum Gasteiger partial charge on any atom is -0.272 e. The monoisotopic (exact) mass is 306 g/mol. The molecule has 20 heavy (non-hydrogen) atoms. The first-order valence-electron chi connectivity index (χ1n) is 5.94. The number of aromatic nitrogens is 2. The minimum absolute atomic E-state index is 0.175. The van der Waals surface area contributed by atoms with Gasteiger partial charge in [0.05, 0.1) is 12.0 Å². The highest BCUT2D eigenvalue weighted by Gasteiger charge is 2.05. The van der Waals surface area contributed by atoms with Crippen LogP contribution in [0.3, 0.4) is 0 Å². The molecule has 0 unspecified atom stereocenters. The van der Waals surface area contributed by atoms with E-state index in [1.54, 1.807) is 17.6 Å². The Morgan fingerprint density at radius 2 is 2.20 bits per heavy atom. The highest BCUT2D eigenvalue weighted by Crippen LogP contribution is 2.13. The summed E-state index contributed by atoms with van der Waals surface area (Å²) in [6.07, 6.45) is 1.63. The SMILES string of the molecule is Cc1cc(C)nc(SCC(=O)N/N=C\c2cccs2)n1. The van der Waals surface area contributed by atoms with Crippen LogP contribution in [0.15, 0.2) is 33.8 Å². The van der Waals surface area contributed by atoms with Gasteiger partial charge in [0, 0.05) is 16.3 Å². The van der Waals surface area contributed by atoms with E-state index in [2.05, 4.69) is 20.5 Å². The van der Waals surface area contributed by atoms with Crippen molar-refractivity contribution in [2.24, 2.45) is 5.10 Å². The Bertz CT molecular complexity index is 591. The van der Waals surface area contributed by atoms with E-state index in [-0.39, 0.29) is 11.7 Å². The summed E-state index contributed by atoms with van der Waals surface area (Å²) in [6.45, 7) is 3.81. The summed E-state index contributed by atoms with van der Waals surface area (Å²) in [7, 11) is 0. The van der Waals surface area contributed by atoms with Gasteiger partial charge in [-0.1, -0.05) is 17.8 Å². The lowest BCUT2D eigenvalue weighted by molar-refractivity contribution is -0.118. The standard InChI is InChI=1S/C13H14N4OS2/c1-9-6-10(2)16-13(15-9)20-8-12(18)17-14-7-11-4-3-5-19-11/h3-7H,8H2,1-2H3,(H,17,18)/b14-7-. The first-order valence-corrected chi connectivity index (χ1v) is 7.80. The van der Waals surface area contributed by atoms with Crippen molar-refractivity contribution >= 4 is 35.2 Å². The molecule has 0 saturated carbocycles. The average Bonchev–Trinajstić information content (AvgIpc) is 2.88. The number of thioether (sulfide) groups is 1. The zero-order valence-electron chi connectivity index (χ0n) is 11.2. The van der Waals surface area contributed by atoms with Gasteiger partial charge in [0.1, 0.15) is 0 Å². The van der Waals surface area contributed by atoms with Crippen LogP contribution in [0.5, 0.6) is 0 Å². The Kier molecular flexibility index (Phi) is 5.25. The van der Waals surface area contributed by atoms with Gasteiger partial charge in [-0.25, -0.2) is 15.4 Å². The van der Waals surface area contributed by atoms with E-state index < -0.39 is 0 Å². The minimum atomic E-state index is -0.175. The van der Waals surface area contributed by atoms with Crippen LogP contribution in [0.1, 0.15) is 16.3 Å². The second-order valence-electron chi connectivity index (χ2n) is 4.03. The Morgan fingerprint density at radius 3 is 2.85 bits per heavy atom. The van der Waals surface area contributed by atoms with Crippen molar-refractivity contribution in [3.63, 3.8) is 0 Å². The second kappa shape index (κ2) is 7.16. The molecule has 2 heterocycles. The molecule has 2 aromatic rings. The van der Waals surface area contributed by atoms with Gasteiger partial charge in [-0.3, -0.25) is 4.79 Å². The largest absolute Gasteiger partial charge is 0.272 e. The quantitative estimate of drug-likeness (QED) is 0.399. The molecule has 0 bridgehead atoms. The third kappa shape index (κ3) is 4.75. The van der Waals surface area contributed by atoms with Gasteiger partial charge >= 0.3 is 0 Å². The van der Waals surface area contributed by atoms with Crippen LogP contribution in [0.2, 0.25) is 0 Å². The van der Waals surface area contributed by atoms with Crippen molar-refractivity contribution in [3.05, 3.63) is 39.8 Å². The molecule has 2 aromatic heterocycles. The second-order valence-corrected chi connectivity index (χ2v) is 5.95. The van der Waals surface area contributed by atoms with E-state index in [1.807, 2.05) is 37.4 Å². The van der Waals surface area contributed by atoms with Gasteiger partial charge in [-0.05, 0) is 31.4 Å². The van der Waals surface area contributed by atoms with Crippen molar-refractivity contribution in [2.75, 3.05) is 5.75 Å². The zero-order valence-corrected chi connectivity index (χ0v) is 12.8. The summed E-state index contributed by atoms with van der Waals surface area (Å²) in [5.41, 5.74) is 4.28. The maximum absolute atomic E-state index is 11.6. The Morgan fingerprint density at radius 1 is 1.45 bits per heavy atom. The zero-order chi connectivity index (χ0) is 14.4. The van der Waals surface area contributed by atoms with E-state index in [1.165, 1.54) is 11.8 Å². The maximum atomic E-state index is 11.6. The highest BCUT2D eigenvalue weighted by molar-refractivity contribution is 7.99. The van der Waals surface area contributed by atoms with Crippen molar-refractivity contribution in [2.45, 2.75) is 19.0 Å². The van der Waals surface area contributed by atoms with Crippen molar-refractivity contribution in [1.29, 1.82) is 0 Å². The molecule has 0 aromatic carbocycles. The van der Waals surface area contributed by atoms with E-state index in [0.29, 0.717) is 5.16 Å². The highest BCUT2D eigenvalue weighted by atomic mass is 32.2. The van der Waals surface area contributed by atoms with E-state index in [0.717, 1.165) is 16.3 Å². The number of carbonyl (C=O) groups excluding carboxylic acids is 1. The first kappa shape index (κ1) is 14.7. The lowest BCUT2D eigenvalue weighted by Gasteiger charge is -2.02. The summed E-state index contributed by atoms with van der Waals surface area (Å²) in [5.74, 6) is 0.0653. The van der Waals surface area contributed by atoms with Crippen molar-refractivity contribution < 1.29 is 4.79 Å². The molecule has 0 atom stereocenters. The molecule has 0 spiro atoms. The number of hydrogen-bond donors (Lipinski definition) is 1. The number of nitrogens with zero attached hydrogens (tertiary/aromatic N) is 3. The van der Waals surface area contributed by atoms with Crippen LogP contribution < -0.4 is 5.43 Å². The topological polar surface area (TPSA) is 67.2 Å². The van der Waals surface area contributed by atoms with E-state index >= 15 is 0 Å². The number of amides is 1. The average molecular weight is 306 g/mol. The van der Waals surface area contributed by atoms with E-state index in [9.17, 15) is 4.79 Å². The molecule has 1 amide bonds. The number of rotatable bonds is 5. The fourth-order valence-electron chi connectivity index (χ4n) is 1.45. The molecule has 0 saturated heterocycles. The molecule has 0 aliphatic rings. The molecule has 0 radical (unpaired) electrons. The van der Waals surface area contributed by atoms with Crippen LogP contribution in [-0.2, 0) is 4.79 Å². The molecule has 1 N–H and O–H groups in total. The van der Waals surface area contributed by atoms with Crippen LogP contribution >= 0.6 is 23.1 Å². The van der Waals surface area contributed by atoms with Crippen molar-refractivity contribution in [3.8, 4) is 0 Å². The van der Waals surface area contributed by atoms with E-state index in [4.69, 9.17) is 0 Å². The third-order valence-corrected chi connectivity index (χ3v) is 3.87. The van der Waals surface area contributed by atoms with Gasteiger partial charge in [-0.15, -0.1) is 11.3 Å². The number of hydrogen-bond acceptors (Lipinski definition) is 6. The molecule has 2 rings (SSSR count). The lowest BCUT2D eigenvalue weighted by atomic mass is 10.4. The van der Waals surface area contributed by atoms with Crippen LogP contribution in [0, 0.1) is 13.8 Å². The first-order chi connectivity index (χ1) is 9.63. The summed E-state index contributed by atoms with van der Waals surface area (Å²) >= 11 is 2.86. The fraction of sp³-hybridized carbons (Fsp3) is 0.231. The molecule has 5 nitrogen and oxygen atoms in total. The molecular formula is C13H14N4OS2. The van der Waals surface area contributed by atoms with Crippen LogP contribution in [0.25, 0.3) is 0 Å². The lowest BCUT2D eigenvalue weighted by Crippen LogP contribution is -2.19. The normalized spacial score (nSPS) is 10.9. The summed E-state index contributed by atoms with van der Waals surface area (Å²) in [6, 6.07) is 5.76. The van der Waals surface area contributed by atoms with Gasteiger partial charge in [-0.2, -0.15) is 5.10 Å². The van der Waals surface area contributed by atoms with Gasteiger partial charge < -0.3 is 0 Å². The number of aryl methyl sites for hydroxylation is 2. The van der Waals surface area contributed by atoms with Gasteiger partial charge in [0.2, 0.25) is 0 Å². The van der Waals surface area contributed by atoms with Gasteiger partial charge in [0.15, 0.2) is 5.16 Å².